The lowest BCUT2D eigenvalue weighted by Gasteiger charge is -2.21. The molecule has 0 atom stereocenters. The lowest BCUT2D eigenvalue weighted by atomic mass is 10.1. The Bertz CT molecular complexity index is 383. The van der Waals surface area contributed by atoms with E-state index in [9.17, 15) is 0 Å². The van der Waals surface area contributed by atoms with Crippen LogP contribution in [0.1, 0.15) is 36.8 Å². The van der Waals surface area contributed by atoms with Gasteiger partial charge in [-0.1, -0.05) is 17.7 Å². The Hall–Kier alpha value is -1.02. The summed E-state index contributed by atoms with van der Waals surface area (Å²) < 4.78 is 0. The van der Waals surface area contributed by atoms with Crippen molar-refractivity contribution >= 4 is 5.69 Å². The third-order valence-corrected chi connectivity index (χ3v) is 3.69. The first kappa shape index (κ1) is 13.4. The Kier molecular flexibility index (Phi) is 4.65. The first-order valence-electron chi connectivity index (χ1n) is 7.18. The van der Waals surface area contributed by atoms with Crippen molar-refractivity contribution in [1.82, 2.24) is 5.32 Å². The van der Waals surface area contributed by atoms with Crippen LogP contribution in [0.25, 0.3) is 0 Å². The summed E-state index contributed by atoms with van der Waals surface area (Å²) in [6.45, 7) is 6.69. The van der Waals surface area contributed by atoms with Crippen molar-refractivity contribution in [3.8, 4) is 0 Å². The number of anilines is 1. The number of hydrogen-bond donors (Lipinski definition) is 1. The Morgan fingerprint density at radius 1 is 1.22 bits per heavy atom. The average molecular weight is 246 g/mol. The lowest BCUT2D eigenvalue weighted by Crippen LogP contribution is -2.22. The first-order valence-corrected chi connectivity index (χ1v) is 7.18. The van der Waals surface area contributed by atoms with E-state index in [0.29, 0.717) is 0 Å². The number of benzene rings is 1. The molecule has 0 unspecified atom stereocenters. The summed E-state index contributed by atoms with van der Waals surface area (Å²) in [6.07, 6.45) is 5.33. The molecule has 2 nitrogen and oxygen atoms in total. The van der Waals surface area contributed by atoms with E-state index in [-0.39, 0.29) is 0 Å². The second-order valence-electron chi connectivity index (χ2n) is 5.65. The number of hydrogen-bond acceptors (Lipinski definition) is 2. The average Bonchev–Trinajstić information content (AvgIpc) is 3.12. The van der Waals surface area contributed by atoms with E-state index < -0.39 is 0 Å². The predicted molar refractivity (Wildman–Crippen MR) is 79.4 cm³/mol. The molecule has 1 aliphatic carbocycles. The summed E-state index contributed by atoms with van der Waals surface area (Å²) in [5.74, 6) is 0. The minimum Gasteiger partial charge on any atom is -0.374 e. The predicted octanol–water partition coefficient (Wildman–Crippen LogP) is 3.27. The maximum Gasteiger partial charge on any atom is 0.0393 e. The normalized spacial score (nSPS) is 14.8. The van der Waals surface area contributed by atoms with Crippen molar-refractivity contribution in [2.24, 2.45) is 0 Å². The van der Waals surface area contributed by atoms with Gasteiger partial charge in [-0.3, -0.25) is 0 Å². The molecule has 18 heavy (non-hydrogen) atoms. The summed E-state index contributed by atoms with van der Waals surface area (Å²) in [7, 11) is 2.20. The standard InChI is InChI=1S/C16H26N2/c1-13-6-9-16(14(2)12-13)18(3)11-5-4-10-17-15-7-8-15/h6,9,12,15,17H,4-5,7-8,10-11H2,1-3H3. The largest absolute Gasteiger partial charge is 0.374 e. The number of aryl methyl sites for hydroxylation is 2. The maximum atomic E-state index is 3.57. The van der Waals surface area contributed by atoms with Gasteiger partial charge in [0.05, 0.1) is 0 Å². The molecule has 1 fully saturated rings. The fourth-order valence-corrected chi connectivity index (χ4v) is 2.42. The third-order valence-electron chi connectivity index (χ3n) is 3.69. The van der Waals surface area contributed by atoms with E-state index in [0.717, 1.165) is 12.6 Å². The van der Waals surface area contributed by atoms with E-state index in [4.69, 9.17) is 0 Å². The highest BCUT2D eigenvalue weighted by Gasteiger charge is 2.19. The van der Waals surface area contributed by atoms with Crippen molar-refractivity contribution in [1.29, 1.82) is 0 Å². The molecule has 2 heteroatoms. The molecule has 0 bridgehead atoms. The summed E-state index contributed by atoms with van der Waals surface area (Å²) in [6, 6.07) is 7.56. The second-order valence-corrected chi connectivity index (χ2v) is 5.65. The highest BCUT2D eigenvalue weighted by molar-refractivity contribution is 5.53. The molecule has 2 rings (SSSR count). The summed E-state index contributed by atoms with van der Waals surface area (Å²) in [4.78, 5) is 2.38. The first-order chi connectivity index (χ1) is 8.66. The Balaban J connectivity index is 1.70. The molecule has 100 valence electrons. The summed E-state index contributed by atoms with van der Waals surface area (Å²) in [5.41, 5.74) is 4.10. The monoisotopic (exact) mass is 246 g/mol. The molecule has 0 amide bonds. The smallest absolute Gasteiger partial charge is 0.0393 e. The molecule has 0 spiro atoms. The topological polar surface area (TPSA) is 15.3 Å². The summed E-state index contributed by atoms with van der Waals surface area (Å²) in [5, 5.41) is 3.57. The fraction of sp³-hybridized carbons (Fsp3) is 0.625. The molecule has 0 aromatic heterocycles. The van der Waals surface area contributed by atoms with E-state index in [2.05, 4.69) is 49.3 Å². The number of unbranched alkanes of at least 4 members (excludes halogenated alkanes) is 1. The molecule has 0 aliphatic heterocycles. The van der Waals surface area contributed by atoms with Crippen LogP contribution in [0, 0.1) is 13.8 Å². The van der Waals surface area contributed by atoms with Gasteiger partial charge in [-0.25, -0.2) is 0 Å². The van der Waals surface area contributed by atoms with Gasteiger partial charge < -0.3 is 10.2 Å². The molecule has 1 aromatic rings. The van der Waals surface area contributed by atoms with Gasteiger partial charge >= 0.3 is 0 Å². The van der Waals surface area contributed by atoms with Crippen molar-refractivity contribution in [2.75, 3.05) is 25.0 Å². The number of nitrogens with zero attached hydrogens (tertiary/aromatic N) is 1. The van der Waals surface area contributed by atoms with Crippen LogP contribution >= 0.6 is 0 Å². The Labute approximate surface area is 111 Å². The quantitative estimate of drug-likeness (QED) is 0.743. The van der Waals surface area contributed by atoms with Crippen LogP contribution in [0.3, 0.4) is 0 Å². The zero-order valence-electron chi connectivity index (χ0n) is 12.0. The van der Waals surface area contributed by atoms with Crippen LogP contribution in [0.4, 0.5) is 5.69 Å². The number of rotatable bonds is 7. The third kappa shape index (κ3) is 4.02. The molecular formula is C16H26N2. The molecule has 0 saturated heterocycles. The number of nitrogens with one attached hydrogen (secondary N) is 1. The highest BCUT2D eigenvalue weighted by atomic mass is 15.1. The van der Waals surface area contributed by atoms with Gasteiger partial charge in [-0.15, -0.1) is 0 Å². The minimum atomic E-state index is 0.849. The van der Waals surface area contributed by atoms with E-state index >= 15 is 0 Å². The van der Waals surface area contributed by atoms with Crippen molar-refractivity contribution < 1.29 is 0 Å². The fourth-order valence-electron chi connectivity index (χ4n) is 2.42. The molecular weight excluding hydrogens is 220 g/mol. The van der Waals surface area contributed by atoms with Crippen LogP contribution in [-0.2, 0) is 0 Å². The van der Waals surface area contributed by atoms with Crippen LogP contribution in [0.5, 0.6) is 0 Å². The Morgan fingerprint density at radius 3 is 2.67 bits per heavy atom. The van der Waals surface area contributed by atoms with Crippen molar-refractivity contribution in [3.63, 3.8) is 0 Å². The molecule has 1 aromatic carbocycles. The zero-order chi connectivity index (χ0) is 13.0. The van der Waals surface area contributed by atoms with Gasteiger partial charge in [0.2, 0.25) is 0 Å². The molecule has 1 saturated carbocycles. The van der Waals surface area contributed by atoms with Crippen LogP contribution < -0.4 is 10.2 Å². The van der Waals surface area contributed by atoms with Crippen molar-refractivity contribution in [2.45, 2.75) is 45.6 Å². The van der Waals surface area contributed by atoms with Crippen LogP contribution in [0.2, 0.25) is 0 Å². The van der Waals surface area contributed by atoms with Gasteiger partial charge in [-0.05, 0) is 57.7 Å². The van der Waals surface area contributed by atoms with Gasteiger partial charge in [0.25, 0.3) is 0 Å². The lowest BCUT2D eigenvalue weighted by molar-refractivity contribution is 0.618. The molecule has 1 aliphatic rings. The summed E-state index contributed by atoms with van der Waals surface area (Å²) >= 11 is 0. The van der Waals surface area contributed by atoms with E-state index in [1.165, 1.54) is 49.0 Å². The molecule has 0 radical (unpaired) electrons. The van der Waals surface area contributed by atoms with Crippen LogP contribution in [0.15, 0.2) is 18.2 Å². The molecule has 1 N–H and O–H groups in total. The Morgan fingerprint density at radius 2 is 2.00 bits per heavy atom. The van der Waals surface area contributed by atoms with Gasteiger partial charge in [0.15, 0.2) is 0 Å². The van der Waals surface area contributed by atoms with E-state index in [1.54, 1.807) is 0 Å². The zero-order valence-corrected chi connectivity index (χ0v) is 12.0. The highest BCUT2D eigenvalue weighted by Crippen LogP contribution is 2.20. The van der Waals surface area contributed by atoms with Crippen molar-refractivity contribution in [3.05, 3.63) is 29.3 Å². The molecule has 0 heterocycles. The van der Waals surface area contributed by atoms with Gasteiger partial charge in [0, 0.05) is 25.3 Å². The SMILES string of the molecule is Cc1ccc(N(C)CCCCNC2CC2)c(C)c1. The van der Waals surface area contributed by atoms with Crippen LogP contribution in [-0.4, -0.2) is 26.2 Å². The van der Waals surface area contributed by atoms with Gasteiger partial charge in [-0.2, -0.15) is 0 Å². The second kappa shape index (κ2) is 6.24. The van der Waals surface area contributed by atoms with E-state index in [1.807, 2.05) is 0 Å². The van der Waals surface area contributed by atoms with Gasteiger partial charge in [0.1, 0.15) is 0 Å². The minimum absolute atomic E-state index is 0.849. The maximum absolute atomic E-state index is 3.57.